The lowest BCUT2D eigenvalue weighted by Gasteiger charge is -2.38. The third-order valence-corrected chi connectivity index (χ3v) is 7.39. The first-order valence-corrected chi connectivity index (χ1v) is 10.7. The summed E-state index contributed by atoms with van der Waals surface area (Å²) in [7, 11) is -3.54. The minimum Gasteiger partial charge on any atom is -0.293 e. The van der Waals surface area contributed by atoms with Crippen LogP contribution in [0.1, 0.15) is 23.5 Å². The molecule has 0 saturated carbocycles. The van der Waals surface area contributed by atoms with Crippen LogP contribution in [0.2, 0.25) is 0 Å². The van der Waals surface area contributed by atoms with Crippen molar-refractivity contribution in [1.29, 1.82) is 0 Å². The van der Waals surface area contributed by atoms with Gasteiger partial charge in [-0.15, -0.1) is 0 Å². The number of piperazine rings is 1. The number of alkyl halides is 2. The van der Waals surface area contributed by atoms with Crippen molar-refractivity contribution in [3.05, 3.63) is 53.6 Å². The molecule has 1 aromatic carbocycles. The van der Waals surface area contributed by atoms with Crippen molar-refractivity contribution >= 4 is 10.2 Å². The first kappa shape index (κ1) is 19.4. The highest BCUT2D eigenvalue weighted by Crippen LogP contribution is 2.23. The molecule has 0 bridgehead atoms. The normalized spacial score (nSPS) is 19.8. The van der Waals surface area contributed by atoms with E-state index in [0.29, 0.717) is 51.5 Å². The van der Waals surface area contributed by atoms with E-state index >= 15 is 0 Å². The van der Waals surface area contributed by atoms with E-state index in [0.717, 1.165) is 10.1 Å². The fraction of sp³-hybridized carbons (Fsp3) is 0.500. The summed E-state index contributed by atoms with van der Waals surface area (Å²) in [4.78, 5) is 5.95. The monoisotopic (exact) mass is 411 g/mol. The smallest absolute Gasteiger partial charge is 0.293 e. The Hall–Kier alpha value is -1.88. The zero-order valence-corrected chi connectivity index (χ0v) is 16.2. The van der Waals surface area contributed by atoms with E-state index in [-0.39, 0.29) is 6.54 Å². The summed E-state index contributed by atoms with van der Waals surface area (Å²) in [6.45, 7) is 0.185. The number of rotatable bonds is 5. The highest BCUT2D eigenvalue weighted by Gasteiger charge is 2.34. The Labute approximate surface area is 163 Å². The number of benzene rings is 1. The molecule has 0 atom stereocenters. The van der Waals surface area contributed by atoms with Gasteiger partial charge in [-0.25, -0.2) is 4.98 Å². The Morgan fingerprint density at radius 1 is 1.00 bits per heavy atom. The number of hydrogen-bond donors (Lipinski definition) is 0. The topological polar surface area (TPSA) is 61.7 Å². The molecule has 1 fully saturated rings. The third kappa shape index (κ3) is 3.82. The van der Waals surface area contributed by atoms with Crippen LogP contribution in [0.25, 0.3) is 0 Å². The van der Waals surface area contributed by atoms with Gasteiger partial charge in [0.05, 0.1) is 6.54 Å². The second kappa shape index (κ2) is 7.86. The van der Waals surface area contributed by atoms with Crippen LogP contribution in [0, 0.1) is 0 Å². The minimum absolute atomic E-state index is 0.280. The van der Waals surface area contributed by atoms with E-state index < -0.39 is 16.8 Å². The summed E-state index contributed by atoms with van der Waals surface area (Å²) in [6, 6.07) is 7.92. The molecule has 10 heteroatoms. The zero-order valence-electron chi connectivity index (χ0n) is 15.4. The lowest BCUT2D eigenvalue weighted by molar-refractivity contribution is 0.0625. The van der Waals surface area contributed by atoms with Crippen molar-refractivity contribution in [2.24, 2.45) is 0 Å². The Morgan fingerprint density at radius 2 is 1.71 bits per heavy atom. The highest BCUT2D eigenvalue weighted by molar-refractivity contribution is 7.86. The molecule has 7 nitrogen and oxygen atoms in total. The van der Waals surface area contributed by atoms with E-state index in [2.05, 4.69) is 4.98 Å². The maximum Gasteiger partial charge on any atom is 0.319 e. The maximum atomic E-state index is 13.0. The number of fused-ring (bicyclic) bond motifs is 1. The van der Waals surface area contributed by atoms with E-state index in [1.807, 2.05) is 29.2 Å². The average molecular weight is 411 g/mol. The quantitative estimate of drug-likeness (QED) is 0.752. The largest absolute Gasteiger partial charge is 0.319 e. The second-order valence-electron chi connectivity index (χ2n) is 7.06. The molecule has 2 aromatic rings. The molecular formula is C18H23F2N5O2S. The van der Waals surface area contributed by atoms with Gasteiger partial charge in [0.1, 0.15) is 5.82 Å². The van der Waals surface area contributed by atoms with Crippen LogP contribution in [0.4, 0.5) is 8.78 Å². The van der Waals surface area contributed by atoms with E-state index in [1.54, 1.807) is 0 Å². The molecule has 2 aliphatic heterocycles. The van der Waals surface area contributed by atoms with Crippen molar-refractivity contribution < 1.29 is 17.2 Å². The summed E-state index contributed by atoms with van der Waals surface area (Å²) >= 11 is 0. The Morgan fingerprint density at radius 3 is 2.43 bits per heavy atom. The van der Waals surface area contributed by atoms with Crippen molar-refractivity contribution in [3.63, 3.8) is 0 Å². The van der Waals surface area contributed by atoms with E-state index in [1.165, 1.54) is 26.6 Å². The molecule has 4 rings (SSSR count). The van der Waals surface area contributed by atoms with Gasteiger partial charge < -0.3 is 0 Å². The molecular weight excluding hydrogens is 388 g/mol. The van der Waals surface area contributed by atoms with E-state index in [4.69, 9.17) is 0 Å². The van der Waals surface area contributed by atoms with Gasteiger partial charge in [-0.05, 0) is 17.5 Å². The van der Waals surface area contributed by atoms with Gasteiger partial charge in [-0.3, -0.25) is 9.47 Å². The maximum absolute atomic E-state index is 13.0. The molecule has 0 amide bonds. The number of imidazole rings is 1. The molecule has 2 aliphatic rings. The molecule has 0 spiro atoms. The molecule has 28 heavy (non-hydrogen) atoms. The molecule has 0 unspecified atom stereocenters. The summed E-state index contributed by atoms with van der Waals surface area (Å²) in [5.74, 6) is 0.291. The second-order valence-corrected chi connectivity index (χ2v) is 8.99. The summed E-state index contributed by atoms with van der Waals surface area (Å²) in [5, 5.41) is 0. The fourth-order valence-electron chi connectivity index (χ4n) is 3.79. The van der Waals surface area contributed by atoms with Crippen molar-refractivity contribution in [3.8, 4) is 0 Å². The van der Waals surface area contributed by atoms with Crippen LogP contribution in [0.15, 0.2) is 36.7 Å². The van der Waals surface area contributed by atoms with Gasteiger partial charge in [-0.2, -0.15) is 25.8 Å². The summed E-state index contributed by atoms with van der Waals surface area (Å²) < 4.78 is 55.9. The summed E-state index contributed by atoms with van der Waals surface area (Å²) in [5.41, 5.74) is 2.25. The van der Waals surface area contributed by atoms with Crippen LogP contribution in [0.3, 0.4) is 0 Å². The average Bonchev–Trinajstić information content (AvgIpc) is 3.16. The van der Waals surface area contributed by atoms with Gasteiger partial charge in [0, 0.05) is 51.7 Å². The summed E-state index contributed by atoms with van der Waals surface area (Å²) in [6.07, 6.45) is 3.33. The van der Waals surface area contributed by atoms with Gasteiger partial charge in [0.2, 0.25) is 0 Å². The van der Waals surface area contributed by atoms with Crippen LogP contribution >= 0.6 is 0 Å². The Kier molecular flexibility index (Phi) is 5.46. The van der Waals surface area contributed by atoms with Gasteiger partial charge in [-0.1, -0.05) is 24.3 Å². The van der Waals surface area contributed by atoms with Crippen molar-refractivity contribution in [2.75, 3.05) is 32.7 Å². The first-order chi connectivity index (χ1) is 13.4. The lowest BCUT2D eigenvalue weighted by atomic mass is 10.0. The van der Waals surface area contributed by atoms with Gasteiger partial charge >= 0.3 is 6.55 Å². The molecule has 0 N–H and O–H groups in total. The predicted octanol–water partition coefficient (Wildman–Crippen LogP) is 1.70. The van der Waals surface area contributed by atoms with E-state index in [9.17, 15) is 17.2 Å². The van der Waals surface area contributed by atoms with Gasteiger partial charge in [0.25, 0.3) is 10.2 Å². The van der Waals surface area contributed by atoms with Crippen LogP contribution in [0.5, 0.6) is 0 Å². The molecule has 152 valence electrons. The Balaban J connectivity index is 1.37. The standard InChI is InChI=1S/C18H23F2N5O2S/c19-18(20)25-8-6-21-17(25)14-22-9-11-23(12-10-22)28(26,27)24-7-5-15-3-1-2-4-16(15)13-24/h1-4,6,8,18H,5,7,9-14H2. The number of nitrogens with zero attached hydrogens (tertiary/aromatic N) is 5. The molecule has 3 heterocycles. The van der Waals surface area contributed by atoms with Crippen LogP contribution < -0.4 is 0 Å². The fourth-order valence-corrected chi connectivity index (χ4v) is 5.37. The number of halogens is 2. The predicted molar refractivity (Wildman–Crippen MR) is 99.8 cm³/mol. The van der Waals surface area contributed by atoms with Crippen LogP contribution in [-0.2, 0) is 29.7 Å². The molecule has 1 aromatic heterocycles. The lowest BCUT2D eigenvalue weighted by Crippen LogP contribution is -2.53. The molecule has 0 radical (unpaired) electrons. The van der Waals surface area contributed by atoms with Crippen LogP contribution in [-0.4, -0.2) is 64.2 Å². The van der Waals surface area contributed by atoms with Crippen molar-refractivity contribution in [1.82, 2.24) is 23.1 Å². The zero-order chi connectivity index (χ0) is 19.7. The van der Waals surface area contributed by atoms with Crippen molar-refractivity contribution in [2.45, 2.75) is 26.1 Å². The minimum atomic E-state index is -3.54. The first-order valence-electron chi connectivity index (χ1n) is 9.29. The molecule has 1 saturated heterocycles. The SMILES string of the molecule is O=S(=O)(N1CCN(Cc2nccn2C(F)F)CC1)N1CCc2ccccc2C1. The van der Waals surface area contributed by atoms with Gasteiger partial charge in [0.15, 0.2) is 0 Å². The Bertz CT molecular complexity index is 926. The third-order valence-electron chi connectivity index (χ3n) is 5.40. The number of hydrogen-bond acceptors (Lipinski definition) is 4. The molecule has 0 aliphatic carbocycles. The highest BCUT2D eigenvalue weighted by atomic mass is 32.2. The number of aromatic nitrogens is 2.